The van der Waals surface area contributed by atoms with E-state index in [-0.39, 0.29) is 62.6 Å². The Hall–Kier alpha value is -8.88. The van der Waals surface area contributed by atoms with Crippen molar-refractivity contribution in [1.82, 2.24) is 36.8 Å². The van der Waals surface area contributed by atoms with Crippen molar-refractivity contribution in [3.8, 4) is 40.2 Å². The molecule has 0 saturated carbocycles. The molecule has 1 fully saturated rings. The van der Waals surface area contributed by atoms with Crippen LogP contribution in [0.15, 0.2) is 97.1 Å². The number of rotatable bonds is 15. The molecule has 1 saturated heterocycles. The Morgan fingerprint density at radius 1 is 0.670 bits per heavy atom. The summed E-state index contributed by atoms with van der Waals surface area (Å²) in [6.07, 6.45) is -14.7. The Kier molecular flexibility index (Phi) is 21.6. The topological polar surface area (TPSA) is 457 Å². The average Bonchev–Trinajstić information content (AvgIpc) is 0.800. The molecule has 29 nitrogen and oxygen atoms in total. The highest BCUT2D eigenvalue weighted by Crippen LogP contribution is 2.48. The van der Waals surface area contributed by atoms with Gasteiger partial charge in [-0.05, 0) is 115 Å². The summed E-state index contributed by atoms with van der Waals surface area (Å²) < 4.78 is 24.9. The second-order valence-corrected chi connectivity index (χ2v) is 23.1. The van der Waals surface area contributed by atoms with Gasteiger partial charge >= 0.3 is 5.97 Å². The first kappa shape index (κ1) is 68.0. The van der Waals surface area contributed by atoms with Crippen LogP contribution in [0, 0.1) is 5.92 Å². The minimum atomic E-state index is -2.25. The number of aliphatic carboxylic acids is 1. The predicted molar refractivity (Wildman–Crippen MR) is 317 cm³/mol. The number of hydrogen-bond acceptors (Lipinski definition) is 21. The number of carbonyl (C=O) groups is 8. The van der Waals surface area contributed by atoms with Crippen LogP contribution in [-0.4, -0.2) is 174 Å². The number of aromatic hydroxyl groups is 2. The number of likely N-dealkylation sites (N-methyl/N-ethyl adjacent to an activating group) is 1. The van der Waals surface area contributed by atoms with E-state index in [2.05, 4.69) is 31.9 Å². The standard InChI is InChI=1S/C60H66Cl2N8O21/c1-24(2)16-35(70(3)4)54(81)68-45-47(75)27-10-14-36(32(61)18-27)88-38-20-29-21-39(52(38)91-60-51(79)50(78)49(77)40(23-71)90-60)89-37-15-11-28(19-33(37)62)48(76)46(58(85)67-44(59(86)87)26-6-5-7-31(73)17-26)69-55(82)42(25-8-12-30(72)13-9-25)66-56(83)43(29)65-53(80)34(22-41(63)74)64-57(45)84/h5-15,17-21,24,34-35,40,42-51,60,71-73,75-79H,16,22-23H2,1-4H3,(H2,63,74)(H,64,84)(H,65,80)(H,66,83)(H,67,85)(H,68,81)(H,69,82)(H,86,87). The molecular weight excluding hydrogens is 1240 g/mol. The van der Waals surface area contributed by atoms with Gasteiger partial charge in [0.1, 0.15) is 89.8 Å². The van der Waals surface area contributed by atoms with Crippen LogP contribution in [0.2, 0.25) is 10.0 Å². The van der Waals surface area contributed by atoms with Crippen LogP contribution in [0.3, 0.4) is 0 Å². The number of primary amides is 1. The SMILES string of the molecule is CC(C)CC(C(=O)NC1C(=O)NC(CC(N)=O)C(=O)NC2C(=O)NC(c3ccc(O)cc3)C(=O)NC(C(=O)NC(C(=O)O)c3cccc(O)c3)C(O)c3ccc(c(Cl)c3)Oc3cc2cc(c3OC2OC(CO)C(O)C(O)C2O)Oc2ccc(cc2Cl)C1O)N(C)C. The van der Waals surface area contributed by atoms with Gasteiger partial charge < -0.3 is 103 Å². The maximum absolute atomic E-state index is 15.6. The van der Waals surface area contributed by atoms with Gasteiger partial charge in [-0.25, -0.2) is 4.79 Å². The van der Waals surface area contributed by atoms with Gasteiger partial charge in [0.2, 0.25) is 53.4 Å². The van der Waals surface area contributed by atoms with Gasteiger partial charge in [-0.15, -0.1) is 0 Å². The van der Waals surface area contributed by atoms with Crippen LogP contribution in [0.5, 0.6) is 40.2 Å². The number of ether oxygens (including phenoxy) is 4. The molecule has 7 amide bonds. The maximum Gasteiger partial charge on any atom is 0.330 e. The molecule has 17 N–H and O–H groups in total. The lowest BCUT2D eigenvalue weighted by Gasteiger charge is -2.39. The monoisotopic (exact) mass is 1300 g/mol. The first-order valence-corrected chi connectivity index (χ1v) is 28.8. The molecular formula is C60H66Cl2N8O21. The van der Waals surface area contributed by atoms with Crippen molar-refractivity contribution in [2.24, 2.45) is 11.7 Å². The van der Waals surface area contributed by atoms with Crippen LogP contribution in [-0.2, 0) is 43.1 Å². The van der Waals surface area contributed by atoms with Gasteiger partial charge in [0.05, 0.1) is 29.1 Å². The molecule has 14 unspecified atom stereocenters. The summed E-state index contributed by atoms with van der Waals surface area (Å²) in [5.41, 5.74) is 4.55. The van der Waals surface area contributed by atoms with Crippen LogP contribution in [0.4, 0.5) is 0 Å². The van der Waals surface area contributed by atoms with Gasteiger partial charge in [0, 0.05) is 0 Å². The number of nitrogens with two attached hydrogens (primary N) is 1. The summed E-state index contributed by atoms with van der Waals surface area (Å²) in [5.74, 6) is -13.7. The molecule has 10 rings (SSSR count). The quantitative estimate of drug-likeness (QED) is 0.0679. The minimum Gasteiger partial charge on any atom is -0.508 e. The first-order chi connectivity index (χ1) is 43.0. The molecule has 14 atom stereocenters. The van der Waals surface area contributed by atoms with Crippen molar-refractivity contribution in [3.63, 3.8) is 0 Å². The minimum absolute atomic E-state index is 0.0667. The normalized spacial score (nSPS) is 25.2. The van der Waals surface area contributed by atoms with Gasteiger partial charge in [-0.1, -0.05) is 73.4 Å². The fourth-order valence-corrected chi connectivity index (χ4v) is 10.6. The average molecular weight is 1310 g/mol. The number of aliphatic hydroxyl groups excluding tert-OH is 6. The third-order valence-electron chi connectivity index (χ3n) is 15.0. The second kappa shape index (κ2) is 28.9. The number of halogens is 2. The number of fused-ring (bicyclic) bond motifs is 16. The molecule has 5 aliphatic heterocycles. The molecule has 0 spiro atoms. The van der Waals surface area contributed by atoms with Crippen molar-refractivity contribution in [2.75, 3.05) is 20.7 Å². The summed E-state index contributed by atoms with van der Waals surface area (Å²) in [6, 6.07) is 4.85. The van der Waals surface area contributed by atoms with Crippen LogP contribution in [0.25, 0.3) is 0 Å². The Labute approximate surface area is 527 Å². The number of carbonyl (C=O) groups excluding carboxylic acids is 7. The third-order valence-corrected chi connectivity index (χ3v) is 15.6. The molecule has 5 heterocycles. The lowest BCUT2D eigenvalue weighted by molar-refractivity contribution is -0.277. The molecule has 5 aliphatic rings. The highest BCUT2D eigenvalue weighted by atomic mass is 35.5. The van der Waals surface area contributed by atoms with E-state index < -0.39 is 173 Å². The summed E-state index contributed by atoms with van der Waals surface area (Å²) in [5, 5.41) is 112. The Morgan fingerprint density at radius 2 is 1.24 bits per heavy atom. The highest BCUT2D eigenvalue weighted by Gasteiger charge is 2.47. The number of nitrogens with one attached hydrogen (secondary N) is 6. The van der Waals surface area contributed by atoms with Crippen LogP contribution < -0.4 is 51.8 Å². The molecule has 486 valence electrons. The van der Waals surface area contributed by atoms with Crippen LogP contribution in [0.1, 0.15) is 84.8 Å². The Morgan fingerprint density at radius 3 is 1.79 bits per heavy atom. The second-order valence-electron chi connectivity index (χ2n) is 22.3. The molecule has 5 aromatic carbocycles. The molecule has 31 heteroatoms. The molecule has 7 bridgehead atoms. The molecule has 0 aromatic heterocycles. The van der Waals surface area contributed by atoms with Gasteiger partial charge in [-0.3, -0.25) is 38.5 Å². The van der Waals surface area contributed by atoms with E-state index in [1.807, 2.05) is 13.8 Å². The van der Waals surface area contributed by atoms with Crippen molar-refractivity contribution < 1.29 is 103 Å². The smallest absolute Gasteiger partial charge is 0.330 e. The summed E-state index contributed by atoms with van der Waals surface area (Å²) in [6.45, 7) is 2.75. The molecule has 0 aliphatic carbocycles. The molecule has 5 aromatic rings. The number of hydrogen-bond donors (Lipinski definition) is 16. The number of carboxylic acids is 1. The van der Waals surface area contributed by atoms with E-state index in [1.165, 1.54) is 30.3 Å². The third kappa shape index (κ3) is 15.8. The summed E-state index contributed by atoms with van der Waals surface area (Å²) >= 11 is 13.9. The lowest BCUT2D eigenvalue weighted by atomic mass is 9.97. The van der Waals surface area contributed by atoms with Crippen molar-refractivity contribution in [3.05, 3.63) is 135 Å². The largest absolute Gasteiger partial charge is 0.508 e. The molecule has 0 radical (unpaired) electrons. The van der Waals surface area contributed by atoms with E-state index in [0.717, 1.165) is 66.7 Å². The number of phenols is 2. The predicted octanol–water partition coefficient (Wildman–Crippen LogP) is 0.525. The Balaban J connectivity index is 1.37. The number of aliphatic hydroxyl groups is 6. The number of benzene rings is 5. The zero-order chi connectivity index (χ0) is 66.4. The van der Waals surface area contributed by atoms with E-state index in [0.29, 0.717) is 0 Å². The van der Waals surface area contributed by atoms with Crippen molar-refractivity contribution >= 4 is 70.5 Å². The summed E-state index contributed by atoms with van der Waals surface area (Å²) in [4.78, 5) is 116. The first-order valence-electron chi connectivity index (χ1n) is 28.1. The van der Waals surface area contributed by atoms with Gasteiger partial charge in [0.15, 0.2) is 17.5 Å². The number of nitrogens with zero attached hydrogens (tertiary/aromatic N) is 1. The number of phenolic OH excluding ortho intramolecular Hbond substituents is 2. The van der Waals surface area contributed by atoms with E-state index in [4.69, 9.17) is 47.9 Å². The fourth-order valence-electron chi connectivity index (χ4n) is 10.2. The van der Waals surface area contributed by atoms with Crippen LogP contribution >= 0.6 is 23.2 Å². The van der Waals surface area contributed by atoms with Gasteiger partial charge in [-0.2, -0.15) is 0 Å². The zero-order valence-electron chi connectivity index (χ0n) is 48.7. The lowest BCUT2D eigenvalue weighted by Crippen LogP contribution is -2.60. The Bertz CT molecular complexity index is 3580. The zero-order valence-corrected chi connectivity index (χ0v) is 50.2. The maximum atomic E-state index is 15.6. The van der Waals surface area contributed by atoms with E-state index in [9.17, 15) is 69.9 Å². The van der Waals surface area contributed by atoms with E-state index in [1.54, 1.807) is 19.0 Å². The number of amides is 7. The van der Waals surface area contributed by atoms with Crippen molar-refractivity contribution in [2.45, 2.75) is 112 Å². The fraction of sp³-hybridized carbons (Fsp3) is 0.367. The highest BCUT2D eigenvalue weighted by molar-refractivity contribution is 6.32. The number of carboxylic acid groups (broad SMARTS) is 1. The molecule has 91 heavy (non-hydrogen) atoms. The van der Waals surface area contributed by atoms with Crippen molar-refractivity contribution in [1.29, 1.82) is 0 Å². The summed E-state index contributed by atoms with van der Waals surface area (Å²) in [7, 11) is 3.21. The van der Waals surface area contributed by atoms with E-state index >= 15 is 14.4 Å². The van der Waals surface area contributed by atoms with Gasteiger partial charge in [0.25, 0.3) is 0 Å².